The maximum Gasteiger partial charge on any atom is 0.158 e. The summed E-state index contributed by atoms with van der Waals surface area (Å²) in [5.74, 6) is 1.95. The third kappa shape index (κ3) is 3.64. The van der Waals surface area contributed by atoms with Crippen LogP contribution in [0, 0.1) is 11.3 Å². The molecule has 2 heterocycles. The van der Waals surface area contributed by atoms with Gasteiger partial charge in [0.25, 0.3) is 0 Å². The molecule has 0 saturated carbocycles. The van der Waals surface area contributed by atoms with Crippen molar-refractivity contribution >= 4 is 17.3 Å². The average molecular weight is 332 g/mol. The number of nitriles is 1. The van der Waals surface area contributed by atoms with E-state index in [-0.39, 0.29) is 5.69 Å². The van der Waals surface area contributed by atoms with E-state index in [1.807, 2.05) is 43.4 Å². The summed E-state index contributed by atoms with van der Waals surface area (Å²) in [6.45, 7) is 0. The van der Waals surface area contributed by atoms with Crippen molar-refractivity contribution in [3.8, 4) is 22.9 Å². The molecule has 124 valence electrons. The second-order valence-corrected chi connectivity index (χ2v) is 5.12. The Labute approximate surface area is 145 Å². The molecule has 0 spiro atoms. The highest BCUT2D eigenvalue weighted by molar-refractivity contribution is 5.79. The summed E-state index contributed by atoms with van der Waals surface area (Å²) < 4.78 is 5.19. The second-order valence-electron chi connectivity index (χ2n) is 5.12. The first-order chi connectivity index (χ1) is 12.2. The van der Waals surface area contributed by atoms with Crippen LogP contribution in [0.25, 0.3) is 11.1 Å². The number of hydrogen-bond acceptors (Lipinski definition) is 7. The lowest BCUT2D eigenvalue weighted by atomic mass is 10.1. The molecule has 0 unspecified atom stereocenters. The highest BCUT2D eigenvalue weighted by atomic mass is 16.5. The van der Waals surface area contributed by atoms with Gasteiger partial charge in [-0.05, 0) is 17.7 Å². The summed E-state index contributed by atoms with van der Waals surface area (Å²) in [4.78, 5) is 12.5. The zero-order valence-electron chi connectivity index (χ0n) is 13.8. The van der Waals surface area contributed by atoms with Gasteiger partial charge in [-0.15, -0.1) is 0 Å². The van der Waals surface area contributed by atoms with Crippen LogP contribution in [0.1, 0.15) is 5.69 Å². The van der Waals surface area contributed by atoms with Crippen molar-refractivity contribution in [2.75, 3.05) is 24.8 Å². The molecule has 2 N–H and O–H groups in total. The van der Waals surface area contributed by atoms with Crippen molar-refractivity contribution in [2.24, 2.45) is 0 Å². The third-order valence-corrected chi connectivity index (χ3v) is 3.60. The van der Waals surface area contributed by atoms with Gasteiger partial charge >= 0.3 is 0 Å². The topological polar surface area (TPSA) is 95.8 Å². The van der Waals surface area contributed by atoms with E-state index in [0.717, 1.165) is 22.6 Å². The second kappa shape index (κ2) is 7.27. The fourth-order valence-corrected chi connectivity index (χ4v) is 2.31. The summed E-state index contributed by atoms with van der Waals surface area (Å²) in [6, 6.07) is 11.6. The standard InChI is InChI=1S/C18H16N6O/c1-20-16-7-17(24-18-11-21-13(8-19)9-22-18)23-10-15(16)12-3-5-14(25-2)6-4-12/h3-7,9-11H,1-2H3,(H2,20,22,23,24). The predicted octanol–water partition coefficient (Wildman–Crippen LogP) is 3.20. The molecule has 3 rings (SSSR count). The van der Waals surface area contributed by atoms with Gasteiger partial charge in [0.05, 0.1) is 19.5 Å². The molecule has 0 aliphatic heterocycles. The van der Waals surface area contributed by atoms with Crippen molar-refractivity contribution in [3.63, 3.8) is 0 Å². The smallest absolute Gasteiger partial charge is 0.158 e. The third-order valence-electron chi connectivity index (χ3n) is 3.60. The summed E-state index contributed by atoms with van der Waals surface area (Å²) in [5, 5.41) is 15.0. The van der Waals surface area contributed by atoms with Crippen LogP contribution in [0.4, 0.5) is 17.3 Å². The monoisotopic (exact) mass is 332 g/mol. The molecule has 7 nitrogen and oxygen atoms in total. The molecule has 1 aromatic carbocycles. The molecule has 2 aromatic heterocycles. The molecule has 7 heteroatoms. The summed E-state index contributed by atoms with van der Waals surface area (Å²) >= 11 is 0. The number of anilines is 3. The van der Waals surface area contributed by atoms with Gasteiger partial charge in [-0.1, -0.05) is 12.1 Å². The lowest BCUT2D eigenvalue weighted by Crippen LogP contribution is -2.00. The van der Waals surface area contributed by atoms with Gasteiger partial charge in [-0.2, -0.15) is 5.26 Å². The first-order valence-electron chi connectivity index (χ1n) is 7.55. The minimum absolute atomic E-state index is 0.268. The lowest BCUT2D eigenvalue weighted by Gasteiger charge is -2.12. The SMILES string of the molecule is CNc1cc(Nc2cnc(C#N)cn2)ncc1-c1ccc(OC)cc1. The fourth-order valence-electron chi connectivity index (χ4n) is 2.31. The van der Waals surface area contributed by atoms with Gasteiger partial charge in [0.1, 0.15) is 23.5 Å². The van der Waals surface area contributed by atoms with E-state index in [1.54, 1.807) is 13.3 Å². The van der Waals surface area contributed by atoms with E-state index in [1.165, 1.54) is 12.4 Å². The van der Waals surface area contributed by atoms with Crippen LogP contribution in [0.15, 0.2) is 48.9 Å². The number of methoxy groups -OCH3 is 1. The van der Waals surface area contributed by atoms with Crippen molar-refractivity contribution in [1.82, 2.24) is 15.0 Å². The average Bonchev–Trinajstić information content (AvgIpc) is 2.68. The van der Waals surface area contributed by atoms with Crippen LogP contribution in [0.5, 0.6) is 5.75 Å². The molecule has 0 amide bonds. The van der Waals surface area contributed by atoms with Crippen molar-refractivity contribution in [1.29, 1.82) is 5.26 Å². The van der Waals surface area contributed by atoms with Gasteiger partial charge < -0.3 is 15.4 Å². The number of rotatable bonds is 5. The molecule has 0 aliphatic rings. The van der Waals surface area contributed by atoms with E-state index in [2.05, 4.69) is 25.6 Å². The Morgan fingerprint density at radius 3 is 2.36 bits per heavy atom. The highest BCUT2D eigenvalue weighted by Gasteiger charge is 2.08. The molecular formula is C18H16N6O. The molecule has 0 radical (unpaired) electrons. The predicted molar refractivity (Wildman–Crippen MR) is 95.8 cm³/mol. The van der Waals surface area contributed by atoms with Gasteiger partial charge in [0.2, 0.25) is 0 Å². The normalized spacial score (nSPS) is 9.96. The summed E-state index contributed by atoms with van der Waals surface area (Å²) in [6.07, 6.45) is 4.69. The van der Waals surface area contributed by atoms with Gasteiger partial charge in [0, 0.05) is 30.6 Å². The Hall–Kier alpha value is -3.66. The minimum Gasteiger partial charge on any atom is -0.497 e. The number of benzene rings is 1. The van der Waals surface area contributed by atoms with Crippen molar-refractivity contribution < 1.29 is 4.74 Å². The molecule has 0 atom stereocenters. The number of hydrogen-bond donors (Lipinski definition) is 2. The fraction of sp³-hybridized carbons (Fsp3) is 0.111. The Morgan fingerprint density at radius 1 is 1.00 bits per heavy atom. The quantitative estimate of drug-likeness (QED) is 0.740. The Balaban J connectivity index is 1.86. The molecule has 0 aliphatic carbocycles. The maximum absolute atomic E-state index is 8.76. The zero-order valence-corrected chi connectivity index (χ0v) is 13.8. The van der Waals surface area contributed by atoms with E-state index in [4.69, 9.17) is 10.00 Å². The van der Waals surface area contributed by atoms with Crippen molar-refractivity contribution in [2.45, 2.75) is 0 Å². The van der Waals surface area contributed by atoms with E-state index < -0.39 is 0 Å². The number of nitrogens with zero attached hydrogens (tertiary/aromatic N) is 4. The van der Waals surface area contributed by atoms with Crippen molar-refractivity contribution in [3.05, 3.63) is 54.6 Å². The zero-order chi connectivity index (χ0) is 17.6. The number of ether oxygens (including phenoxy) is 1. The van der Waals surface area contributed by atoms with Gasteiger partial charge in [-0.3, -0.25) is 0 Å². The minimum atomic E-state index is 0.268. The van der Waals surface area contributed by atoms with Crippen LogP contribution in [-0.2, 0) is 0 Å². The summed E-state index contributed by atoms with van der Waals surface area (Å²) in [7, 11) is 3.50. The van der Waals surface area contributed by atoms with Gasteiger partial charge in [-0.25, -0.2) is 15.0 Å². The van der Waals surface area contributed by atoms with E-state index >= 15 is 0 Å². The van der Waals surface area contributed by atoms with Crippen LogP contribution < -0.4 is 15.4 Å². The van der Waals surface area contributed by atoms with Crippen LogP contribution in [0.2, 0.25) is 0 Å². The molecule has 0 fully saturated rings. The first-order valence-corrected chi connectivity index (χ1v) is 7.55. The van der Waals surface area contributed by atoms with Crippen LogP contribution in [0.3, 0.4) is 0 Å². The van der Waals surface area contributed by atoms with Gasteiger partial charge in [0.15, 0.2) is 5.69 Å². The highest BCUT2D eigenvalue weighted by Crippen LogP contribution is 2.30. The van der Waals surface area contributed by atoms with E-state index in [0.29, 0.717) is 11.6 Å². The number of aromatic nitrogens is 3. The maximum atomic E-state index is 8.76. The Kier molecular flexibility index (Phi) is 4.72. The van der Waals surface area contributed by atoms with Crippen LogP contribution >= 0.6 is 0 Å². The first kappa shape index (κ1) is 16.2. The largest absolute Gasteiger partial charge is 0.497 e. The molecule has 3 aromatic rings. The summed E-state index contributed by atoms with van der Waals surface area (Å²) in [5.41, 5.74) is 3.19. The van der Waals surface area contributed by atoms with Crippen LogP contribution in [-0.4, -0.2) is 29.1 Å². The lowest BCUT2D eigenvalue weighted by molar-refractivity contribution is 0.415. The molecular weight excluding hydrogens is 316 g/mol. The Morgan fingerprint density at radius 2 is 1.76 bits per heavy atom. The molecule has 0 bridgehead atoms. The number of pyridine rings is 1. The van der Waals surface area contributed by atoms with E-state index in [9.17, 15) is 0 Å². The molecule has 0 saturated heterocycles. The number of nitrogens with one attached hydrogen (secondary N) is 2. The molecule has 25 heavy (non-hydrogen) atoms. The Bertz CT molecular complexity index is 900.